The number of amides is 1. The third kappa shape index (κ3) is 4.51. The molecule has 0 aromatic heterocycles. The molecular weight excluding hydrogens is 292 g/mol. The van der Waals surface area contributed by atoms with E-state index in [0.717, 1.165) is 12.8 Å². The van der Waals surface area contributed by atoms with Crippen molar-refractivity contribution in [3.8, 4) is 11.5 Å². The van der Waals surface area contributed by atoms with Crippen molar-refractivity contribution in [3.63, 3.8) is 0 Å². The zero-order chi connectivity index (χ0) is 15.2. The summed E-state index contributed by atoms with van der Waals surface area (Å²) in [5.41, 5.74) is 5.97. The van der Waals surface area contributed by atoms with Gasteiger partial charge in [0.25, 0.3) is 5.91 Å². The lowest BCUT2D eigenvalue weighted by atomic mass is 9.92. The van der Waals surface area contributed by atoms with Crippen LogP contribution >= 0.6 is 12.4 Å². The van der Waals surface area contributed by atoms with E-state index in [1.54, 1.807) is 32.4 Å². The summed E-state index contributed by atoms with van der Waals surface area (Å²) < 4.78 is 10.4. The van der Waals surface area contributed by atoms with Crippen molar-refractivity contribution < 1.29 is 14.3 Å². The van der Waals surface area contributed by atoms with Crippen LogP contribution in [0.3, 0.4) is 0 Å². The zero-order valence-electron chi connectivity index (χ0n) is 13.1. The first-order valence-corrected chi connectivity index (χ1v) is 6.80. The first-order valence-electron chi connectivity index (χ1n) is 6.80. The number of nitrogens with two attached hydrogens (primary N) is 1. The van der Waals surface area contributed by atoms with Crippen LogP contribution in [0.2, 0.25) is 0 Å². The van der Waals surface area contributed by atoms with Gasteiger partial charge in [0, 0.05) is 12.1 Å². The highest BCUT2D eigenvalue weighted by molar-refractivity contribution is 5.95. The number of nitrogens with one attached hydrogen (secondary N) is 1. The summed E-state index contributed by atoms with van der Waals surface area (Å²) in [6, 6.07) is 5.10. The number of carbonyl (C=O) groups is 1. The molecule has 0 saturated heterocycles. The van der Waals surface area contributed by atoms with Crippen LogP contribution < -0.4 is 20.5 Å². The molecular formula is C15H25ClN2O3. The van der Waals surface area contributed by atoms with Gasteiger partial charge in [0.15, 0.2) is 11.5 Å². The van der Waals surface area contributed by atoms with Crippen molar-refractivity contribution in [1.82, 2.24) is 5.32 Å². The van der Waals surface area contributed by atoms with Crippen molar-refractivity contribution in [2.24, 2.45) is 5.73 Å². The SMILES string of the molecule is CCC(CC)(CN)NC(=O)c1ccc(OC)c(OC)c1.Cl. The second kappa shape index (κ2) is 8.74. The Morgan fingerprint density at radius 2 is 1.76 bits per heavy atom. The van der Waals surface area contributed by atoms with Crippen molar-refractivity contribution >= 4 is 18.3 Å². The Morgan fingerprint density at radius 1 is 1.19 bits per heavy atom. The maximum absolute atomic E-state index is 12.3. The summed E-state index contributed by atoms with van der Waals surface area (Å²) in [4.78, 5) is 12.3. The first-order chi connectivity index (χ1) is 9.55. The summed E-state index contributed by atoms with van der Waals surface area (Å²) in [7, 11) is 3.10. The van der Waals surface area contributed by atoms with E-state index in [-0.39, 0.29) is 23.9 Å². The Morgan fingerprint density at radius 3 is 2.19 bits per heavy atom. The normalized spacial score (nSPS) is 10.5. The molecule has 0 saturated carbocycles. The van der Waals surface area contributed by atoms with Crippen LogP contribution in [0.5, 0.6) is 11.5 Å². The van der Waals surface area contributed by atoms with Crippen LogP contribution in [0.25, 0.3) is 0 Å². The third-order valence-corrected chi connectivity index (χ3v) is 3.77. The lowest BCUT2D eigenvalue weighted by molar-refractivity contribution is 0.0895. The molecule has 1 aromatic rings. The predicted molar refractivity (Wildman–Crippen MR) is 86.6 cm³/mol. The topological polar surface area (TPSA) is 73.6 Å². The maximum Gasteiger partial charge on any atom is 0.251 e. The Balaban J connectivity index is 0.00000400. The summed E-state index contributed by atoms with van der Waals surface area (Å²) in [5.74, 6) is 0.978. The van der Waals surface area contributed by atoms with E-state index < -0.39 is 0 Å². The van der Waals surface area contributed by atoms with Gasteiger partial charge in [0.05, 0.1) is 19.8 Å². The largest absolute Gasteiger partial charge is 0.493 e. The molecule has 0 aliphatic rings. The van der Waals surface area contributed by atoms with Crippen LogP contribution in [-0.4, -0.2) is 32.2 Å². The average molecular weight is 317 g/mol. The fourth-order valence-corrected chi connectivity index (χ4v) is 2.06. The first kappa shape index (κ1) is 19.5. The average Bonchev–Trinajstić information content (AvgIpc) is 2.51. The van der Waals surface area contributed by atoms with Gasteiger partial charge in [-0.25, -0.2) is 0 Å². The molecule has 0 radical (unpaired) electrons. The van der Waals surface area contributed by atoms with Gasteiger partial charge in [0.2, 0.25) is 0 Å². The minimum Gasteiger partial charge on any atom is -0.493 e. The van der Waals surface area contributed by atoms with E-state index in [4.69, 9.17) is 15.2 Å². The number of hydrogen-bond acceptors (Lipinski definition) is 4. The van der Waals surface area contributed by atoms with Gasteiger partial charge in [-0.05, 0) is 31.0 Å². The van der Waals surface area contributed by atoms with E-state index in [1.807, 2.05) is 13.8 Å². The quantitative estimate of drug-likeness (QED) is 0.810. The Kier molecular flexibility index (Phi) is 8.14. The second-order valence-corrected chi connectivity index (χ2v) is 4.72. The van der Waals surface area contributed by atoms with Gasteiger partial charge in [-0.2, -0.15) is 0 Å². The van der Waals surface area contributed by atoms with Gasteiger partial charge < -0.3 is 20.5 Å². The Bertz CT molecular complexity index is 454. The smallest absolute Gasteiger partial charge is 0.251 e. The molecule has 0 unspecified atom stereocenters. The Labute approximate surface area is 132 Å². The molecule has 0 spiro atoms. The van der Waals surface area contributed by atoms with Crippen LogP contribution in [-0.2, 0) is 0 Å². The van der Waals surface area contributed by atoms with Crippen molar-refractivity contribution in [1.29, 1.82) is 0 Å². The van der Waals surface area contributed by atoms with E-state index >= 15 is 0 Å². The van der Waals surface area contributed by atoms with Crippen molar-refractivity contribution in [2.45, 2.75) is 32.2 Å². The molecule has 21 heavy (non-hydrogen) atoms. The summed E-state index contributed by atoms with van der Waals surface area (Å²) in [5, 5.41) is 3.02. The number of methoxy groups -OCH3 is 2. The summed E-state index contributed by atoms with van der Waals surface area (Å²) in [6.45, 7) is 4.45. The molecule has 1 rings (SSSR count). The summed E-state index contributed by atoms with van der Waals surface area (Å²) >= 11 is 0. The van der Waals surface area contributed by atoms with Crippen LogP contribution in [0, 0.1) is 0 Å². The molecule has 120 valence electrons. The standard InChI is InChI=1S/C15H24N2O3.ClH/c1-5-15(6-2,10-16)17-14(18)11-7-8-12(19-3)13(9-11)20-4;/h7-9H,5-6,10,16H2,1-4H3,(H,17,18);1H. The summed E-state index contributed by atoms with van der Waals surface area (Å²) in [6.07, 6.45) is 1.58. The Hall–Kier alpha value is -1.46. The van der Waals surface area contributed by atoms with E-state index in [9.17, 15) is 4.79 Å². The molecule has 1 amide bonds. The lowest BCUT2D eigenvalue weighted by Gasteiger charge is -2.31. The molecule has 3 N–H and O–H groups in total. The van der Waals surface area contributed by atoms with Crippen LogP contribution in [0.15, 0.2) is 18.2 Å². The van der Waals surface area contributed by atoms with Crippen LogP contribution in [0.4, 0.5) is 0 Å². The van der Waals surface area contributed by atoms with E-state index in [2.05, 4.69) is 5.32 Å². The highest BCUT2D eigenvalue weighted by Gasteiger charge is 2.27. The molecule has 6 heteroatoms. The maximum atomic E-state index is 12.3. The van der Waals surface area contributed by atoms with Crippen molar-refractivity contribution in [2.75, 3.05) is 20.8 Å². The van der Waals surface area contributed by atoms with Gasteiger partial charge >= 0.3 is 0 Å². The minimum atomic E-state index is -0.357. The fraction of sp³-hybridized carbons (Fsp3) is 0.533. The van der Waals surface area contributed by atoms with E-state index in [1.165, 1.54) is 0 Å². The van der Waals surface area contributed by atoms with Gasteiger partial charge in [-0.3, -0.25) is 4.79 Å². The molecule has 0 bridgehead atoms. The predicted octanol–water partition coefficient (Wildman–Crippen LogP) is 2.37. The molecule has 0 aliphatic carbocycles. The number of carbonyl (C=O) groups excluding carboxylic acids is 1. The molecule has 0 heterocycles. The van der Waals surface area contributed by atoms with Gasteiger partial charge in [-0.15, -0.1) is 12.4 Å². The highest BCUT2D eigenvalue weighted by Crippen LogP contribution is 2.27. The minimum absolute atomic E-state index is 0. The van der Waals surface area contributed by atoms with E-state index in [0.29, 0.717) is 23.6 Å². The van der Waals surface area contributed by atoms with Gasteiger partial charge in [0.1, 0.15) is 0 Å². The highest BCUT2D eigenvalue weighted by atomic mass is 35.5. The monoisotopic (exact) mass is 316 g/mol. The third-order valence-electron chi connectivity index (χ3n) is 3.77. The molecule has 0 atom stereocenters. The lowest BCUT2D eigenvalue weighted by Crippen LogP contribution is -2.52. The zero-order valence-corrected chi connectivity index (χ0v) is 13.9. The number of rotatable bonds is 7. The van der Waals surface area contributed by atoms with Crippen molar-refractivity contribution in [3.05, 3.63) is 23.8 Å². The number of ether oxygens (including phenoxy) is 2. The molecule has 1 aromatic carbocycles. The number of hydrogen-bond donors (Lipinski definition) is 2. The fourth-order valence-electron chi connectivity index (χ4n) is 2.06. The molecule has 5 nitrogen and oxygen atoms in total. The van der Waals surface area contributed by atoms with Gasteiger partial charge in [-0.1, -0.05) is 13.8 Å². The van der Waals surface area contributed by atoms with Crippen LogP contribution in [0.1, 0.15) is 37.0 Å². The number of halogens is 1. The molecule has 0 fully saturated rings. The number of benzene rings is 1. The second-order valence-electron chi connectivity index (χ2n) is 4.72. The molecule has 0 aliphatic heterocycles.